The van der Waals surface area contributed by atoms with Crippen molar-refractivity contribution in [2.75, 3.05) is 0 Å². The first-order valence-corrected chi connectivity index (χ1v) is 10.3. The molecule has 3 rings (SSSR count). The van der Waals surface area contributed by atoms with E-state index in [-0.39, 0.29) is 17.0 Å². The van der Waals surface area contributed by atoms with Crippen molar-refractivity contribution in [2.24, 2.45) is 7.05 Å². The Morgan fingerprint density at radius 2 is 1.81 bits per heavy atom. The molecule has 0 bridgehead atoms. The van der Waals surface area contributed by atoms with Gasteiger partial charge in [-0.1, -0.05) is 11.6 Å². The lowest BCUT2D eigenvalue weighted by atomic mass is 9.94. The molecule has 1 saturated carbocycles. The first-order valence-electron chi connectivity index (χ1n) is 8.43. The number of nitrogens with zero attached hydrogens (tertiary/aromatic N) is 4. The predicted molar refractivity (Wildman–Crippen MR) is 96.7 cm³/mol. The normalized spacial score (nSPS) is 20.9. The van der Waals surface area contributed by atoms with Crippen molar-refractivity contribution in [3.05, 3.63) is 28.8 Å². The monoisotopic (exact) mass is 399 g/mol. The van der Waals surface area contributed by atoms with Crippen LogP contribution in [0.25, 0.3) is 0 Å². The summed E-state index contributed by atoms with van der Waals surface area (Å²) in [5.41, 5.74) is 1.14. The van der Waals surface area contributed by atoms with E-state index in [1.54, 1.807) is 25.6 Å². The largest absolute Gasteiger partial charge is 0.460 e. The smallest absolute Gasteiger partial charge is 0.316 e. The number of hydrogen-bond acceptors (Lipinski definition) is 6. The van der Waals surface area contributed by atoms with Gasteiger partial charge in [0.15, 0.2) is 0 Å². The molecule has 142 valence electrons. The van der Waals surface area contributed by atoms with Crippen LogP contribution in [0.5, 0.6) is 6.01 Å². The van der Waals surface area contributed by atoms with E-state index in [9.17, 15) is 8.42 Å². The van der Waals surface area contributed by atoms with Crippen LogP contribution in [0.4, 0.5) is 0 Å². The van der Waals surface area contributed by atoms with Crippen LogP contribution in [0, 0.1) is 13.8 Å². The summed E-state index contributed by atoms with van der Waals surface area (Å²) in [6.07, 6.45) is 5.78. The van der Waals surface area contributed by atoms with Crippen LogP contribution >= 0.6 is 11.6 Å². The van der Waals surface area contributed by atoms with Crippen LogP contribution in [0.1, 0.15) is 37.1 Å². The van der Waals surface area contributed by atoms with Crippen LogP contribution in [0.15, 0.2) is 17.3 Å². The lowest BCUT2D eigenvalue weighted by Gasteiger charge is -2.28. The highest BCUT2D eigenvalue weighted by molar-refractivity contribution is 7.89. The number of ether oxygens (including phenoxy) is 1. The second-order valence-corrected chi connectivity index (χ2v) is 8.61. The van der Waals surface area contributed by atoms with Crippen LogP contribution < -0.4 is 9.46 Å². The molecular weight excluding hydrogens is 378 g/mol. The van der Waals surface area contributed by atoms with E-state index in [1.807, 2.05) is 0 Å². The summed E-state index contributed by atoms with van der Waals surface area (Å²) >= 11 is 5.76. The zero-order valence-corrected chi connectivity index (χ0v) is 16.5. The fraction of sp³-hybridized carbons (Fsp3) is 0.562. The minimum atomic E-state index is -3.60. The molecule has 1 aliphatic carbocycles. The highest BCUT2D eigenvalue weighted by Gasteiger charge is 2.30. The second kappa shape index (κ2) is 7.50. The maximum atomic E-state index is 12.7. The summed E-state index contributed by atoms with van der Waals surface area (Å²) in [5.74, 6) is 0. The number of halogens is 1. The molecule has 2 aromatic rings. The Bertz CT molecular complexity index is 874. The molecule has 0 spiro atoms. The van der Waals surface area contributed by atoms with Gasteiger partial charge in [0.25, 0.3) is 0 Å². The lowest BCUT2D eigenvalue weighted by molar-refractivity contribution is 0.132. The van der Waals surface area contributed by atoms with E-state index in [4.69, 9.17) is 16.3 Å². The van der Waals surface area contributed by atoms with Gasteiger partial charge in [0.05, 0.1) is 28.8 Å². The van der Waals surface area contributed by atoms with Crippen molar-refractivity contribution in [3.63, 3.8) is 0 Å². The van der Waals surface area contributed by atoms with Crippen molar-refractivity contribution in [1.82, 2.24) is 24.5 Å². The van der Waals surface area contributed by atoms with Gasteiger partial charge in [0.1, 0.15) is 11.0 Å². The molecule has 0 unspecified atom stereocenters. The van der Waals surface area contributed by atoms with Crippen molar-refractivity contribution >= 4 is 21.6 Å². The van der Waals surface area contributed by atoms with E-state index in [2.05, 4.69) is 19.8 Å². The van der Waals surface area contributed by atoms with Gasteiger partial charge in [0, 0.05) is 13.1 Å². The summed E-state index contributed by atoms with van der Waals surface area (Å²) in [7, 11) is -1.86. The highest BCUT2D eigenvalue weighted by atomic mass is 35.5. The Morgan fingerprint density at radius 3 is 2.35 bits per heavy atom. The molecule has 26 heavy (non-hydrogen) atoms. The third-order valence-electron chi connectivity index (χ3n) is 4.58. The molecule has 0 amide bonds. The lowest BCUT2D eigenvalue weighted by Crippen LogP contribution is -2.40. The average molecular weight is 400 g/mol. The van der Waals surface area contributed by atoms with Crippen molar-refractivity contribution < 1.29 is 13.2 Å². The Labute approximate surface area is 158 Å². The second-order valence-electron chi connectivity index (χ2n) is 6.52. The standard InChI is InChI=1S/C16H22ClN5O3S/c1-10-15(11(2)22(3)20-10)26(23,24)21-13-4-6-14(7-5-13)25-16-18-8-12(17)9-19-16/h8-9,13-14,21H,4-7H2,1-3H3. The number of hydrogen-bond donors (Lipinski definition) is 1. The van der Waals surface area contributed by atoms with Gasteiger partial charge in [-0.25, -0.2) is 23.1 Å². The molecule has 2 aromatic heterocycles. The van der Waals surface area contributed by atoms with Crippen LogP contribution in [0.2, 0.25) is 5.02 Å². The summed E-state index contributed by atoms with van der Waals surface area (Å²) in [4.78, 5) is 8.32. The maximum absolute atomic E-state index is 12.7. The third kappa shape index (κ3) is 4.16. The molecule has 8 nitrogen and oxygen atoms in total. The molecule has 0 aliphatic heterocycles. The Hall–Kier alpha value is -1.71. The molecule has 0 atom stereocenters. The maximum Gasteiger partial charge on any atom is 0.316 e. The van der Waals surface area contributed by atoms with Gasteiger partial charge in [0.2, 0.25) is 10.0 Å². The van der Waals surface area contributed by atoms with E-state index in [0.29, 0.717) is 35.3 Å². The molecule has 0 saturated heterocycles. The van der Waals surface area contributed by atoms with Gasteiger partial charge in [-0.2, -0.15) is 5.10 Å². The molecule has 0 radical (unpaired) electrons. The van der Waals surface area contributed by atoms with Crippen LogP contribution in [-0.4, -0.2) is 40.3 Å². The number of aryl methyl sites for hydroxylation is 2. The minimum absolute atomic E-state index is 0.0289. The van der Waals surface area contributed by atoms with E-state index in [0.717, 1.165) is 12.8 Å². The molecule has 10 heteroatoms. The van der Waals surface area contributed by atoms with E-state index < -0.39 is 10.0 Å². The molecule has 1 N–H and O–H groups in total. The Balaban J connectivity index is 1.59. The van der Waals surface area contributed by atoms with Crippen LogP contribution in [0.3, 0.4) is 0 Å². The van der Waals surface area contributed by atoms with Crippen molar-refractivity contribution in [3.8, 4) is 6.01 Å². The van der Waals surface area contributed by atoms with Crippen molar-refractivity contribution in [1.29, 1.82) is 0 Å². The molecule has 1 aliphatic rings. The van der Waals surface area contributed by atoms with Gasteiger partial charge in [-0.3, -0.25) is 4.68 Å². The first-order chi connectivity index (χ1) is 12.3. The summed E-state index contributed by atoms with van der Waals surface area (Å²) in [6.45, 7) is 3.46. The van der Waals surface area contributed by atoms with Crippen molar-refractivity contribution in [2.45, 2.75) is 56.6 Å². The summed E-state index contributed by atoms with van der Waals surface area (Å²) in [5, 5.41) is 4.64. The SMILES string of the molecule is Cc1nn(C)c(C)c1S(=O)(=O)NC1CCC(Oc2ncc(Cl)cn2)CC1. The summed E-state index contributed by atoms with van der Waals surface area (Å²) < 4.78 is 35.6. The number of sulfonamides is 1. The van der Waals surface area contributed by atoms with E-state index in [1.165, 1.54) is 12.4 Å². The molecule has 2 heterocycles. The number of rotatable bonds is 5. The van der Waals surface area contributed by atoms with Gasteiger partial charge in [-0.15, -0.1) is 0 Å². The zero-order chi connectivity index (χ0) is 18.9. The van der Waals surface area contributed by atoms with E-state index >= 15 is 0 Å². The fourth-order valence-corrected chi connectivity index (χ4v) is 5.07. The van der Waals surface area contributed by atoms with Gasteiger partial charge in [-0.05, 0) is 39.5 Å². The highest BCUT2D eigenvalue weighted by Crippen LogP contribution is 2.25. The third-order valence-corrected chi connectivity index (χ3v) is 6.54. The molecule has 1 fully saturated rings. The number of aromatic nitrogens is 4. The molecule has 0 aromatic carbocycles. The first kappa shape index (κ1) is 19.1. The number of nitrogens with one attached hydrogen (secondary N) is 1. The molecular formula is C16H22ClN5O3S. The zero-order valence-electron chi connectivity index (χ0n) is 14.9. The predicted octanol–water partition coefficient (Wildman–Crippen LogP) is 2.15. The summed E-state index contributed by atoms with van der Waals surface area (Å²) in [6, 6.07) is 0.171. The average Bonchev–Trinajstić information content (AvgIpc) is 2.84. The van der Waals surface area contributed by atoms with Crippen LogP contribution in [-0.2, 0) is 17.1 Å². The fourth-order valence-electron chi connectivity index (χ4n) is 3.23. The Kier molecular flexibility index (Phi) is 5.50. The Morgan fingerprint density at radius 1 is 1.19 bits per heavy atom. The van der Waals surface area contributed by atoms with Gasteiger partial charge >= 0.3 is 6.01 Å². The minimum Gasteiger partial charge on any atom is -0.460 e. The van der Waals surface area contributed by atoms with Gasteiger partial charge < -0.3 is 4.74 Å². The topological polar surface area (TPSA) is 99.0 Å². The quantitative estimate of drug-likeness (QED) is 0.826.